The van der Waals surface area contributed by atoms with Crippen molar-refractivity contribution in [2.45, 2.75) is 60.8 Å². The number of carbonyl (C=O) groups is 2. The first-order chi connectivity index (χ1) is 26.5. The van der Waals surface area contributed by atoms with Crippen molar-refractivity contribution < 1.29 is 47.5 Å². The van der Waals surface area contributed by atoms with E-state index in [9.17, 15) is 9.59 Å². The van der Waals surface area contributed by atoms with Crippen LogP contribution in [0.1, 0.15) is 77.6 Å². The fourth-order valence-corrected chi connectivity index (χ4v) is 6.92. The fourth-order valence-electron chi connectivity index (χ4n) is 6.92. The van der Waals surface area contributed by atoms with Gasteiger partial charge >= 0.3 is 11.9 Å². The van der Waals surface area contributed by atoms with Crippen LogP contribution in [0.25, 0.3) is 11.1 Å². The van der Waals surface area contributed by atoms with Gasteiger partial charge in [0.25, 0.3) is 0 Å². The van der Waals surface area contributed by atoms with Gasteiger partial charge in [0.05, 0.1) is 45.1 Å². The smallest absolute Gasteiger partial charge is 0.338 e. The maximum Gasteiger partial charge on any atom is 0.338 e. The van der Waals surface area contributed by atoms with Gasteiger partial charge in [-0.1, -0.05) is 61.7 Å². The number of benzene rings is 4. The maximum absolute atomic E-state index is 13.2. The molecule has 4 aromatic carbocycles. The zero-order chi connectivity index (χ0) is 39.9. The number of fused-ring (bicyclic) bond motifs is 3. The minimum absolute atomic E-state index is 0.0655. The summed E-state index contributed by atoms with van der Waals surface area (Å²) >= 11 is 0. The predicted octanol–water partition coefficient (Wildman–Crippen LogP) is 9.40. The van der Waals surface area contributed by atoms with Gasteiger partial charge in [-0.15, -0.1) is 0 Å². The predicted molar refractivity (Wildman–Crippen MR) is 212 cm³/mol. The van der Waals surface area contributed by atoms with Gasteiger partial charge in [-0.25, -0.2) is 9.59 Å². The fraction of sp³-hybridized carbons (Fsp3) is 0.333. The average Bonchev–Trinajstić information content (AvgIpc) is 3.46. The van der Waals surface area contributed by atoms with E-state index in [0.29, 0.717) is 22.6 Å². The van der Waals surface area contributed by atoms with E-state index in [0.717, 1.165) is 22.3 Å². The molecule has 0 N–H and O–H groups in total. The van der Waals surface area contributed by atoms with Crippen molar-refractivity contribution in [1.82, 2.24) is 0 Å². The standard InChI is InChI=1S/C45H50O10/c1-11-48-35-25-33(37(50-13-3)41(52-15-5)39(35)54-43(46)27(7)8)45(31-23-19-17-21-29(31)30-22-18-20-24-32(30)45)34-26-36(49-12-2)40(55-44(47)28(9)10)42(53-16-6)38(34)51-14-4/h17-26H,7,9,11-16H2,1-6,8,10H3. The molecule has 0 saturated heterocycles. The Morgan fingerprint density at radius 1 is 0.473 bits per heavy atom. The summed E-state index contributed by atoms with van der Waals surface area (Å²) in [5.74, 6) is 0.337. The van der Waals surface area contributed by atoms with Gasteiger partial charge in [0, 0.05) is 22.3 Å². The van der Waals surface area contributed by atoms with Crippen molar-refractivity contribution in [2.24, 2.45) is 0 Å². The number of ether oxygens (including phenoxy) is 8. The Morgan fingerprint density at radius 2 is 0.800 bits per heavy atom. The van der Waals surface area contributed by atoms with Crippen molar-refractivity contribution in [1.29, 1.82) is 0 Å². The summed E-state index contributed by atoms with van der Waals surface area (Å²) in [7, 11) is 0. The molecule has 290 valence electrons. The Labute approximate surface area is 323 Å². The minimum Gasteiger partial charge on any atom is -0.490 e. The summed E-state index contributed by atoms with van der Waals surface area (Å²) in [5, 5.41) is 0. The SMILES string of the molecule is C=C(C)C(=O)Oc1c(OCC)cc(C2(c3cc(OCC)c(OC(=O)C(=C)C)c(OCC)c3OCC)c3ccccc3-c3ccccc32)c(OCC)c1OCC. The third-order valence-corrected chi connectivity index (χ3v) is 8.91. The van der Waals surface area contributed by atoms with Gasteiger partial charge in [-0.2, -0.15) is 0 Å². The molecule has 5 rings (SSSR count). The Morgan fingerprint density at radius 3 is 1.13 bits per heavy atom. The van der Waals surface area contributed by atoms with E-state index in [1.807, 2.05) is 77.9 Å². The van der Waals surface area contributed by atoms with Crippen LogP contribution in [0.15, 0.2) is 85.0 Å². The van der Waals surface area contributed by atoms with E-state index in [1.165, 1.54) is 0 Å². The van der Waals surface area contributed by atoms with Crippen LogP contribution in [0.3, 0.4) is 0 Å². The van der Waals surface area contributed by atoms with E-state index in [1.54, 1.807) is 13.8 Å². The third-order valence-electron chi connectivity index (χ3n) is 8.91. The number of hydrogen-bond donors (Lipinski definition) is 0. The molecular weight excluding hydrogens is 700 g/mol. The summed E-state index contributed by atoms with van der Waals surface area (Å²) in [4.78, 5) is 26.3. The van der Waals surface area contributed by atoms with Crippen LogP contribution >= 0.6 is 0 Å². The lowest BCUT2D eigenvalue weighted by atomic mass is 9.66. The number of esters is 2. The maximum atomic E-state index is 13.2. The molecule has 0 saturated carbocycles. The average molecular weight is 751 g/mol. The van der Waals surface area contributed by atoms with Gasteiger partial charge in [-0.05, 0) is 89.8 Å². The van der Waals surface area contributed by atoms with Crippen molar-refractivity contribution >= 4 is 11.9 Å². The summed E-state index contributed by atoms with van der Waals surface area (Å²) < 4.78 is 50.5. The lowest BCUT2D eigenvalue weighted by molar-refractivity contribution is -0.131. The second-order valence-electron chi connectivity index (χ2n) is 12.6. The molecule has 0 aliphatic heterocycles. The normalized spacial score (nSPS) is 12.1. The molecule has 0 bridgehead atoms. The van der Waals surface area contributed by atoms with Gasteiger partial charge in [0.2, 0.25) is 23.0 Å². The van der Waals surface area contributed by atoms with E-state index in [-0.39, 0.29) is 85.3 Å². The molecule has 0 atom stereocenters. The van der Waals surface area contributed by atoms with Crippen LogP contribution in [-0.4, -0.2) is 51.6 Å². The Balaban J connectivity index is 2.11. The molecule has 1 aliphatic rings. The highest BCUT2D eigenvalue weighted by Crippen LogP contribution is 2.65. The summed E-state index contributed by atoms with van der Waals surface area (Å²) in [6.45, 7) is 23.2. The number of carbonyl (C=O) groups excluding carboxylic acids is 2. The Bertz CT molecular complexity index is 1950. The monoisotopic (exact) mass is 750 g/mol. The summed E-state index contributed by atoms with van der Waals surface area (Å²) in [5.41, 5.74) is 4.03. The minimum atomic E-state index is -1.26. The van der Waals surface area contributed by atoms with Crippen molar-refractivity contribution in [2.75, 3.05) is 39.6 Å². The van der Waals surface area contributed by atoms with Gasteiger partial charge in [0.1, 0.15) is 0 Å². The van der Waals surface area contributed by atoms with Crippen molar-refractivity contribution in [3.05, 3.63) is 107 Å². The lowest BCUT2D eigenvalue weighted by Crippen LogP contribution is -2.31. The summed E-state index contributed by atoms with van der Waals surface area (Å²) in [6.07, 6.45) is 0. The van der Waals surface area contributed by atoms with Crippen LogP contribution in [0, 0.1) is 0 Å². The van der Waals surface area contributed by atoms with Crippen LogP contribution in [0.5, 0.6) is 46.0 Å². The zero-order valence-electron chi connectivity index (χ0n) is 33.0. The van der Waals surface area contributed by atoms with Crippen LogP contribution in [0.2, 0.25) is 0 Å². The van der Waals surface area contributed by atoms with Crippen molar-refractivity contribution in [3.63, 3.8) is 0 Å². The van der Waals surface area contributed by atoms with Crippen LogP contribution in [-0.2, 0) is 15.0 Å². The van der Waals surface area contributed by atoms with E-state index >= 15 is 0 Å². The first kappa shape index (κ1) is 40.3. The van der Waals surface area contributed by atoms with E-state index in [4.69, 9.17) is 37.9 Å². The molecule has 0 radical (unpaired) electrons. The second-order valence-corrected chi connectivity index (χ2v) is 12.6. The molecule has 0 aromatic heterocycles. The van der Waals surface area contributed by atoms with E-state index in [2.05, 4.69) is 37.4 Å². The molecule has 1 aliphatic carbocycles. The highest BCUT2D eigenvalue weighted by Gasteiger charge is 2.52. The molecule has 55 heavy (non-hydrogen) atoms. The molecule has 4 aromatic rings. The Hall–Kier alpha value is -5.90. The molecule has 0 unspecified atom stereocenters. The van der Waals surface area contributed by atoms with Gasteiger partial charge < -0.3 is 37.9 Å². The molecule has 0 heterocycles. The lowest BCUT2D eigenvalue weighted by Gasteiger charge is -2.37. The second kappa shape index (κ2) is 17.5. The molecule has 10 nitrogen and oxygen atoms in total. The highest BCUT2D eigenvalue weighted by molar-refractivity contribution is 5.93. The van der Waals surface area contributed by atoms with E-state index < -0.39 is 17.4 Å². The largest absolute Gasteiger partial charge is 0.490 e. The van der Waals surface area contributed by atoms with Crippen LogP contribution in [0.4, 0.5) is 0 Å². The number of hydrogen-bond acceptors (Lipinski definition) is 10. The molecule has 10 heteroatoms. The topological polar surface area (TPSA) is 108 Å². The van der Waals surface area contributed by atoms with Crippen LogP contribution < -0.4 is 37.9 Å². The third kappa shape index (κ3) is 7.33. The Kier molecular flexibility index (Phi) is 12.8. The first-order valence-electron chi connectivity index (χ1n) is 18.7. The quantitative estimate of drug-likeness (QED) is 0.0488. The first-order valence-corrected chi connectivity index (χ1v) is 18.7. The highest BCUT2D eigenvalue weighted by atomic mass is 16.6. The zero-order valence-corrected chi connectivity index (χ0v) is 33.0. The number of rotatable bonds is 18. The molecular formula is C45H50O10. The van der Waals surface area contributed by atoms with Gasteiger partial charge in [-0.3, -0.25) is 0 Å². The molecule has 0 fully saturated rings. The summed E-state index contributed by atoms with van der Waals surface area (Å²) in [6, 6.07) is 19.9. The van der Waals surface area contributed by atoms with Gasteiger partial charge in [0.15, 0.2) is 23.0 Å². The molecule has 0 spiro atoms. The molecule has 0 amide bonds. The van der Waals surface area contributed by atoms with Crippen molar-refractivity contribution in [3.8, 4) is 57.1 Å².